The quantitative estimate of drug-likeness (QED) is 0.587. The van der Waals surface area contributed by atoms with E-state index < -0.39 is 10.9 Å². The number of thiazole rings is 1. The average molecular weight is 304 g/mol. The standard InChI is InChI=1S/C12H8N4O4S/c1-6-13-8-4-9(10(16(19)20)5-11(8)21-6)15-3-2-7(14-15)12(17)18/h2-5H,1H3,(H,17,18). The van der Waals surface area contributed by atoms with Crippen molar-refractivity contribution in [2.24, 2.45) is 0 Å². The summed E-state index contributed by atoms with van der Waals surface area (Å²) in [5.74, 6) is -1.19. The van der Waals surface area contributed by atoms with Crippen LogP contribution in [0.15, 0.2) is 24.4 Å². The van der Waals surface area contributed by atoms with Crippen LogP contribution in [0.2, 0.25) is 0 Å². The summed E-state index contributed by atoms with van der Waals surface area (Å²) in [6.07, 6.45) is 1.37. The number of benzene rings is 1. The van der Waals surface area contributed by atoms with Gasteiger partial charge in [0.15, 0.2) is 5.69 Å². The van der Waals surface area contributed by atoms with E-state index in [0.29, 0.717) is 10.2 Å². The highest BCUT2D eigenvalue weighted by Crippen LogP contribution is 2.31. The molecule has 0 aliphatic rings. The number of nitro benzene ring substituents is 1. The zero-order valence-corrected chi connectivity index (χ0v) is 11.5. The number of aromatic nitrogens is 3. The highest BCUT2D eigenvalue weighted by molar-refractivity contribution is 7.18. The Labute approximate surface area is 121 Å². The second-order valence-corrected chi connectivity index (χ2v) is 5.48. The molecular weight excluding hydrogens is 296 g/mol. The number of carboxylic acid groups (broad SMARTS) is 1. The Morgan fingerprint density at radius 3 is 2.86 bits per heavy atom. The lowest BCUT2D eigenvalue weighted by Gasteiger charge is -2.02. The molecule has 0 aliphatic heterocycles. The topological polar surface area (TPSA) is 111 Å². The molecule has 2 aromatic heterocycles. The highest BCUT2D eigenvalue weighted by atomic mass is 32.1. The zero-order valence-electron chi connectivity index (χ0n) is 10.7. The largest absolute Gasteiger partial charge is 0.476 e. The molecule has 8 nitrogen and oxygen atoms in total. The van der Waals surface area contributed by atoms with Crippen molar-refractivity contribution in [3.05, 3.63) is 45.2 Å². The molecule has 0 atom stereocenters. The molecule has 0 spiro atoms. The van der Waals surface area contributed by atoms with E-state index >= 15 is 0 Å². The number of hydrogen-bond acceptors (Lipinski definition) is 6. The molecule has 0 unspecified atom stereocenters. The summed E-state index contributed by atoms with van der Waals surface area (Å²) in [7, 11) is 0. The fourth-order valence-electron chi connectivity index (χ4n) is 1.97. The second kappa shape index (κ2) is 4.63. The number of hydrogen-bond donors (Lipinski definition) is 1. The molecule has 0 amide bonds. The minimum atomic E-state index is -1.19. The Morgan fingerprint density at radius 2 is 2.24 bits per heavy atom. The fraction of sp³-hybridized carbons (Fsp3) is 0.0833. The molecule has 3 aromatic rings. The molecule has 9 heteroatoms. The molecule has 3 rings (SSSR count). The van der Waals surface area contributed by atoms with Crippen LogP contribution in [0.3, 0.4) is 0 Å². The first-order chi connectivity index (χ1) is 9.95. The molecule has 106 valence electrons. The molecule has 1 aromatic carbocycles. The van der Waals surface area contributed by atoms with Gasteiger partial charge in [0.25, 0.3) is 5.69 Å². The Morgan fingerprint density at radius 1 is 1.48 bits per heavy atom. The summed E-state index contributed by atoms with van der Waals surface area (Å²) in [4.78, 5) is 25.8. The van der Waals surface area contributed by atoms with Gasteiger partial charge in [0.05, 0.1) is 20.1 Å². The van der Waals surface area contributed by atoms with E-state index in [4.69, 9.17) is 5.11 Å². The first-order valence-electron chi connectivity index (χ1n) is 5.80. The molecular formula is C12H8N4O4S. The normalized spacial score (nSPS) is 10.9. The maximum Gasteiger partial charge on any atom is 0.356 e. The van der Waals surface area contributed by atoms with Crippen LogP contribution < -0.4 is 0 Å². The van der Waals surface area contributed by atoms with Gasteiger partial charge >= 0.3 is 5.97 Å². The lowest BCUT2D eigenvalue weighted by molar-refractivity contribution is -0.384. The molecule has 21 heavy (non-hydrogen) atoms. The molecule has 0 saturated heterocycles. The first kappa shape index (κ1) is 13.2. The predicted octanol–water partition coefficient (Wildman–Crippen LogP) is 2.40. The Kier molecular flexibility index (Phi) is 2.91. The SMILES string of the molecule is Cc1nc2cc(-n3ccc(C(=O)O)n3)c([N+](=O)[O-])cc2s1. The number of nitrogens with zero attached hydrogens (tertiary/aromatic N) is 4. The Bertz CT molecular complexity index is 883. The second-order valence-electron chi connectivity index (χ2n) is 4.25. The third-order valence-electron chi connectivity index (χ3n) is 2.84. The van der Waals surface area contributed by atoms with Gasteiger partial charge in [0.1, 0.15) is 5.69 Å². The van der Waals surface area contributed by atoms with E-state index in [9.17, 15) is 14.9 Å². The molecule has 0 fully saturated rings. The number of rotatable bonds is 3. The average Bonchev–Trinajstić information content (AvgIpc) is 3.01. The van der Waals surface area contributed by atoms with Crippen LogP contribution in [-0.2, 0) is 0 Å². The van der Waals surface area contributed by atoms with Crippen molar-refractivity contribution in [1.82, 2.24) is 14.8 Å². The molecule has 0 bridgehead atoms. The van der Waals surface area contributed by atoms with Gasteiger partial charge in [-0.05, 0) is 19.1 Å². The third kappa shape index (κ3) is 2.23. The van der Waals surface area contributed by atoms with Crippen LogP contribution in [0, 0.1) is 17.0 Å². The van der Waals surface area contributed by atoms with Crippen molar-refractivity contribution in [3.63, 3.8) is 0 Å². The molecule has 1 N–H and O–H groups in total. The van der Waals surface area contributed by atoms with Crippen molar-refractivity contribution < 1.29 is 14.8 Å². The van der Waals surface area contributed by atoms with Gasteiger partial charge in [-0.25, -0.2) is 14.5 Å². The molecule has 2 heterocycles. The van der Waals surface area contributed by atoms with E-state index in [0.717, 1.165) is 5.01 Å². The summed E-state index contributed by atoms with van der Waals surface area (Å²) in [5, 5.41) is 24.7. The van der Waals surface area contributed by atoms with Crippen LogP contribution >= 0.6 is 11.3 Å². The zero-order chi connectivity index (χ0) is 15.1. The molecule has 0 radical (unpaired) electrons. The Hall–Kier alpha value is -2.81. The van der Waals surface area contributed by atoms with E-state index in [1.165, 1.54) is 40.4 Å². The van der Waals surface area contributed by atoms with Crippen LogP contribution in [0.4, 0.5) is 5.69 Å². The van der Waals surface area contributed by atoms with Crippen molar-refractivity contribution in [2.75, 3.05) is 0 Å². The van der Waals surface area contributed by atoms with Gasteiger partial charge in [0.2, 0.25) is 0 Å². The van der Waals surface area contributed by atoms with E-state index in [-0.39, 0.29) is 17.1 Å². The van der Waals surface area contributed by atoms with Gasteiger partial charge < -0.3 is 5.11 Å². The lowest BCUT2D eigenvalue weighted by atomic mass is 10.2. The summed E-state index contributed by atoms with van der Waals surface area (Å²) in [6.45, 7) is 1.81. The first-order valence-corrected chi connectivity index (χ1v) is 6.62. The van der Waals surface area contributed by atoms with Crippen LogP contribution in [0.25, 0.3) is 15.9 Å². The number of aromatic carboxylic acids is 1. The van der Waals surface area contributed by atoms with Crippen molar-refractivity contribution in [3.8, 4) is 5.69 Å². The number of fused-ring (bicyclic) bond motifs is 1. The van der Waals surface area contributed by atoms with Crippen LogP contribution in [0.1, 0.15) is 15.5 Å². The fourth-order valence-corrected chi connectivity index (χ4v) is 2.81. The van der Waals surface area contributed by atoms with Crippen molar-refractivity contribution in [2.45, 2.75) is 6.92 Å². The third-order valence-corrected chi connectivity index (χ3v) is 3.78. The van der Waals surface area contributed by atoms with Crippen molar-refractivity contribution >= 4 is 33.2 Å². The van der Waals surface area contributed by atoms with Gasteiger partial charge in [-0.15, -0.1) is 11.3 Å². The number of carboxylic acids is 1. The maximum atomic E-state index is 11.2. The van der Waals surface area contributed by atoms with Gasteiger partial charge in [0, 0.05) is 12.3 Å². The monoisotopic (exact) mass is 304 g/mol. The maximum absolute atomic E-state index is 11.2. The lowest BCUT2D eigenvalue weighted by Crippen LogP contribution is -2.03. The Balaban J connectivity index is 2.25. The molecule has 0 saturated carbocycles. The highest BCUT2D eigenvalue weighted by Gasteiger charge is 2.20. The number of nitro groups is 1. The predicted molar refractivity (Wildman–Crippen MR) is 75.1 cm³/mol. The van der Waals surface area contributed by atoms with Crippen molar-refractivity contribution in [1.29, 1.82) is 0 Å². The summed E-state index contributed by atoms with van der Waals surface area (Å²) in [5.41, 5.74) is 0.473. The van der Waals surface area contributed by atoms with Gasteiger partial charge in [-0.3, -0.25) is 10.1 Å². The minimum absolute atomic E-state index is 0.147. The number of aryl methyl sites for hydroxylation is 1. The summed E-state index contributed by atoms with van der Waals surface area (Å²) >= 11 is 1.36. The van der Waals surface area contributed by atoms with E-state index in [1.54, 1.807) is 0 Å². The van der Waals surface area contributed by atoms with Crippen LogP contribution in [-0.4, -0.2) is 30.8 Å². The van der Waals surface area contributed by atoms with E-state index in [2.05, 4.69) is 10.1 Å². The molecule has 0 aliphatic carbocycles. The van der Waals surface area contributed by atoms with E-state index in [1.807, 2.05) is 6.92 Å². The number of carbonyl (C=O) groups is 1. The minimum Gasteiger partial charge on any atom is -0.476 e. The summed E-state index contributed by atoms with van der Waals surface area (Å²) < 4.78 is 1.88. The van der Waals surface area contributed by atoms with Crippen LogP contribution in [0.5, 0.6) is 0 Å². The van der Waals surface area contributed by atoms with Gasteiger partial charge in [-0.1, -0.05) is 0 Å². The smallest absolute Gasteiger partial charge is 0.356 e. The van der Waals surface area contributed by atoms with Gasteiger partial charge in [-0.2, -0.15) is 5.10 Å². The summed E-state index contributed by atoms with van der Waals surface area (Å²) in [6, 6.07) is 4.25.